The van der Waals surface area contributed by atoms with E-state index in [0.717, 1.165) is 6.42 Å². The van der Waals surface area contributed by atoms with Gasteiger partial charge in [0.1, 0.15) is 49.5 Å². The summed E-state index contributed by atoms with van der Waals surface area (Å²) in [5.74, 6) is -1.48. The van der Waals surface area contributed by atoms with Crippen molar-refractivity contribution in [2.45, 2.75) is 42.5 Å². The maximum absolute atomic E-state index is 14.5. The van der Waals surface area contributed by atoms with Gasteiger partial charge in [0.2, 0.25) is 0 Å². The number of halogens is 4. The molecule has 0 amide bonds. The minimum absolute atomic E-state index is 0.304. The minimum atomic E-state index is -0.391. The second-order valence-electron chi connectivity index (χ2n) is 11.6. The van der Waals surface area contributed by atoms with Crippen LogP contribution in [-0.2, 0) is 0 Å². The van der Waals surface area contributed by atoms with Gasteiger partial charge in [-0.3, -0.25) is 0 Å². The number of imidazole rings is 2. The molecule has 0 spiro atoms. The molecule has 234 valence electrons. The summed E-state index contributed by atoms with van der Waals surface area (Å²) in [7, 11) is 4.29. The van der Waals surface area contributed by atoms with E-state index in [0.29, 0.717) is 46.5 Å². The second-order valence-corrected chi connectivity index (χ2v) is 11.6. The van der Waals surface area contributed by atoms with Crippen molar-refractivity contribution in [2.24, 2.45) is 0 Å². The van der Waals surface area contributed by atoms with Crippen LogP contribution in [0.4, 0.5) is 17.6 Å². The quantitative estimate of drug-likeness (QED) is 0.0719. The summed E-state index contributed by atoms with van der Waals surface area (Å²) in [6.45, 7) is 0. The Morgan fingerprint density at radius 2 is 0.851 bits per heavy atom. The van der Waals surface area contributed by atoms with Crippen LogP contribution in [0.25, 0.3) is 0 Å². The lowest BCUT2D eigenvalue weighted by Crippen LogP contribution is -2.22. The fourth-order valence-corrected chi connectivity index (χ4v) is 6.46. The third kappa shape index (κ3) is 7.94. The molecule has 6 aromatic rings. The highest BCUT2D eigenvalue weighted by Gasteiger charge is 2.31. The average molecular weight is 630 g/mol. The van der Waals surface area contributed by atoms with E-state index in [1.165, 1.54) is 48.5 Å². The van der Waals surface area contributed by atoms with Gasteiger partial charge in [-0.25, -0.2) is 27.5 Å². The Labute approximate surface area is 273 Å². The van der Waals surface area contributed by atoms with E-state index in [1.54, 1.807) is 49.1 Å². The molecule has 2 unspecified atom stereocenters. The summed E-state index contributed by atoms with van der Waals surface area (Å²) >= 11 is 0. The Balaban J connectivity index is 1.24. The molecule has 0 aliphatic heterocycles. The Morgan fingerprint density at radius 3 is 1.13 bits per heavy atom. The van der Waals surface area contributed by atoms with Crippen LogP contribution in [0, 0.1) is 23.3 Å². The lowest BCUT2D eigenvalue weighted by Gasteiger charge is -2.28. The van der Waals surface area contributed by atoms with Gasteiger partial charge in [0.05, 0.1) is 0 Å². The van der Waals surface area contributed by atoms with Gasteiger partial charge < -0.3 is 9.97 Å². The zero-order chi connectivity index (χ0) is 32.6. The number of nitrogens with zero attached hydrogens (tertiary/aromatic N) is 2. The van der Waals surface area contributed by atoms with Gasteiger partial charge in [-0.05, 0) is 82.4 Å². The van der Waals surface area contributed by atoms with Gasteiger partial charge in [-0.1, -0.05) is 67.6 Å². The summed E-state index contributed by atoms with van der Waals surface area (Å²) in [6, 6.07) is 25.6. The summed E-state index contributed by atoms with van der Waals surface area (Å²) in [5.41, 5.74) is 2.85. The van der Waals surface area contributed by atoms with Gasteiger partial charge in [0.15, 0.2) is 0 Å². The van der Waals surface area contributed by atoms with Crippen LogP contribution in [-0.4, -0.2) is 34.5 Å². The first-order valence-corrected chi connectivity index (χ1v) is 15.6. The largest absolute Gasteiger partial charge is 0.349 e. The topological polar surface area (TPSA) is 57.4 Å². The molecule has 10 heteroatoms. The standard InChI is InChI=1S/C37H32B2F4N4/c40-28-10-1-6-24(20-28)32(25-7-2-11-29(41)21-25)34(36-44-16-17-45-36)38-14-5-15-39-35(37-46-18-19-47-37)33(26-8-3-12-30(42)22-26)27-9-4-13-31(43)23-27/h1-4,6-13,16-23,32-35H,5,14-15H2,(H,44,45)(H,46,47). The van der Waals surface area contributed by atoms with E-state index in [4.69, 9.17) is 0 Å². The molecule has 0 aliphatic rings. The number of hydrogen-bond donors (Lipinski definition) is 2. The minimum Gasteiger partial charge on any atom is -0.349 e. The molecule has 2 heterocycles. The molecule has 4 aromatic carbocycles. The van der Waals surface area contributed by atoms with E-state index < -0.39 is 11.8 Å². The third-order valence-electron chi connectivity index (χ3n) is 8.47. The molecule has 47 heavy (non-hydrogen) atoms. The van der Waals surface area contributed by atoms with Crippen LogP contribution in [0.5, 0.6) is 0 Å². The molecular formula is C37H32B2F4N4. The van der Waals surface area contributed by atoms with Crippen molar-refractivity contribution in [1.82, 2.24) is 19.9 Å². The zero-order valence-electron chi connectivity index (χ0n) is 25.5. The van der Waals surface area contributed by atoms with Gasteiger partial charge in [-0.15, -0.1) is 0 Å². The van der Waals surface area contributed by atoms with Crippen molar-refractivity contribution < 1.29 is 17.6 Å². The maximum atomic E-state index is 14.5. The molecule has 2 aromatic heterocycles. The molecule has 0 saturated heterocycles. The monoisotopic (exact) mass is 630 g/mol. The lowest BCUT2D eigenvalue weighted by atomic mass is 9.50. The van der Waals surface area contributed by atoms with Crippen LogP contribution in [0.3, 0.4) is 0 Å². The smallest absolute Gasteiger partial charge is 0.124 e. The molecule has 0 bridgehead atoms. The molecular weight excluding hydrogens is 598 g/mol. The van der Waals surface area contributed by atoms with Crippen LogP contribution in [0.1, 0.15) is 63.8 Å². The summed E-state index contributed by atoms with van der Waals surface area (Å²) in [4.78, 5) is 15.5. The average Bonchev–Trinajstić information content (AvgIpc) is 3.79. The summed E-state index contributed by atoms with van der Waals surface area (Å²) in [6.07, 6.45) is 8.90. The number of rotatable bonds is 14. The predicted octanol–water partition coefficient (Wildman–Crippen LogP) is 8.77. The number of aromatic amines is 2. The fraction of sp³-hybridized carbons (Fsp3) is 0.189. The highest BCUT2D eigenvalue weighted by atomic mass is 19.1. The Kier molecular flexibility index (Phi) is 10.4. The zero-order valence-corrected chi connectivity index (χ0v) is 25.5. The van der Waals surface area contributed by atoms with Gasteiger partial charge >= 0.3 is 0 Å². The number of aromatic nitrogens is 4. The number of nitrogens with one attached hydrogen (secondary N) is 2. The lowest BCUT2D eigenvalue weighted by molar-refractivity contribution is 0.613. The van der Waals surface area contributed by atoms with Crippen LogP contribution in [0.15, 0.2) is 122 Å². The first-order valence-electron chi connectivity index (χ1n) is 15.6. The SMILES string of the molecule is Fc1cccc(C(c2cccc(F)c2)C([B]CCC[B]C(c2ncc[nH]2)C(c2cccc(F)c2)c2cccc(F)c2)c2ncc[nH]2)c1. The molecule has 2 atom stereocenters. The van der Waals surface area contributed by atoms with Crippen molar-refractivity contribution in [1.29, 1.82) is 0 Å². The normalized spacial score (nSPS) is 12.7. The van der Waals surface area contributed by atoms with Gasteiger partial charge in [0.25, 0.3) is 0 Å². The number of benzene rings is 4. The summed E-state index contributed by atoms with van der Waals surface area (Å²) in [5, 5.41) is 0. The number of H-pyrrole nitrogens is 2. The maximum Gasteiger partial charge on any atom is 0.124 e. The molecule has 4 nitrogen and oxygen atoms in total. The van der Waals surface area contributed by atoms with E-state index >= 15 is 0 Å². The Bertz CT molecular complexity index is 1640. The van der Waals surface area contributed by atoms with Crippen molar-refractivity contribution in [3.63, 3.8) is 0 Å². The van der Waals surface area contributed by atoms with Crippen molar-refractivity contribution in [3.05, 3.63) is 179 Å². The first-order chi connectivity index (χ1) is 23.0. The molecule has 2 radical (unpaired) electrons. The highest BCUT2D eigenvalue weighted by molar-refractivity contribution is 6.40. The van der Waals surface area contributed by atoms with Crippen LogP contribution < -0.4 is 0 Å². The molecule has 6 rings (SSSR count). The van der Waals surface area contributed by atoms with Crippen molar-refractivity contribution in [3.8, 4) is 0 Å². The van der Waals surface area contributed by atoms with E-state index in [-0.39, 0.29) is 34.9 Å². The molecule has 2 N–H and O–H groups in total. The fourth-order valence-electron chi connectivity index (χ4n) is 6.46. The third-order valence-corrected chi connectivity index (χ3v) is 8.47. The van der Waals surface area contributed by atoms with Crippen LogP contribution >= 0.6 is 0 Å². The second kappa shape index (κ2) is 15.2. The van der Waals surface area contributed by atoms with E-state index in [9.17, 15) is 17.6 Å². The first kappa shape index (κ1) is 32.1. The van der Waals surface area contributed by atoms with Crippen LogP contribution in [0.2, 0.25) is 12.6 Å². The molecule has 0 fully saturated rings. The number of hydrogen-bond acceptors (Lipinski definition) is 2. The Morgan fingerprint density at radius 1 is 0.511 bits per heavy atom. The van der Waals surface area contributed by atoms with Crippen molar-refractivity contribution >= 4 is 14.6 Å². The molecule has 0 saturated carbocycles. The molecule has 0 aliphatic carbocycles. The highest BCUT2D eigenvalue weighted by Crippen LogP contribution is 2.40. The van der Waals surface area contributed by atoms with E-state index in [1.807, 2.05) is 24.3 Å². The van der Waals surface area contributed by atoms with E-state index in [2.05, 4.69) is 34.5 Å². The van der Waals surface area contributed by atoms with Gasteiger partial charge in [-0.2, -0.15) is 0 Å². The Hall–Kier alpha value is -4.85. The van der Waals surface area contributed by atoms with Crippen molar-refractivity contribution in [2.75, 3.05) is 0 Å². The summed E-state index contributed by atoms with van der Waals surface area (Å²) < 4.78 is 57.9. The van der Waals surface area contributed by atoms with Gasteiger partial charge in [0, 0.05) is 36.6 Å². The predicted molar refractivity (Wildman–Crippen MR) is 178 cm³/mol.